The van der Waals surface area contributed by atoms with Crippen molar-refractivity contribution in [3.05, 3.63) is 66.4 Å². The number of azo groups is 1. The summed E-state index contributed by atoms with van der Waals surface area (Å²) in [5, 5.41) is 32.0. The second-order valence-electron chi connectivity index (χ2n) is 7.01. The number of nitrogens with zero attached hydrogens (tertiary/aromatic N) is 4. The van der Waals surface area contributed by atoms with Crippen LogP contribution in [0.25, 0.3) is 16.5 Å². The van der Waals surface area contributed by atoms with Gasteiger partial charge in [-0.25, -0.2) is 4.79 Å². The number of benzene rings is 3. The molecule has 0 radical (unpaired) electrons. The van der Waals surface area contributed by atoms with Crippen molar-refractivity contribution in [3.63, 3.8) is 0 Å². The lowest BCUT2D eigenvalue weighted by atomic mass is 10.1. The Bertz CT molecular complexity index is 1730. The third-order valence-electron chi connectivity index (χ3n) is 4.82. The van der Waals surface area contributed by atoms with Gasteiger partial charge in [0, 0.05) is 10.8 Å². The minimum atomic E-state index is -4.53. The molecule has 0 saturated heterocycles. The predicted octanol–water partition coefficient (Wildman–Crippen LogP) is 3.34. The van der Waals surface area contributed by atoms with Crippen molar-refractivity contribution in [2.75, 3.05) is 0 Å². The highest BCUT2D eigenvalue weighted by atomic mass is 32.2. The molecule has 1 aromatic heterocycles. The number of aromatic nitrogens is 2. The van der Waals surface area contributed by atoms with Crippen LogP contribution in [-0.4, -0.2) is 51.9 Å². The molecular formula is C20H14N4O9S2. The molecule has 0 aliphatic heterocycles. The molecule has 0 unspecified atom stereocenters. The van der Waals surface area contributed by atoms with Crippen LogP contribution in [0.1, 0.15) is 10.5 Å². The fourth-order valence-electron chi connectivity index (χ4n) is 3.25. The number of aromatic hydroxyl groups is 1. The monoisotopic (exact) mass is 518 g/mol. The van der Waals surface area contributed by atoms with Crippen LogP contribution in [0.3, 0.4) is 0 Å². The van der Waals surface area contributed by atoms with E-state index in [1.54, 1.807) is 12.1 Å². The van der Waals surface area contributed by atoms with Gasteiger partial charge in [0.2, 0.25) is 11.6 Å². The van der Waals surface area contributed by atoms with E-state index in [2.05, 4.69) is 15.3 Å². The molecule has 0 atom stereocenters. The molecule has 4 aromatic rings. The van der Waals surface area contributed by atoms with Crippen molar-refractivity contribution in [3.8, 4) is 11.6 Å². The first-order valence-electron chi connectivity index (χ1n) is 9.42. The van der Waals surface area contributed by atoms with Crippen molar-refractivity contribution in [1.82, 2.24) is 9.78 Å². The van der Waals surface area contributed by atoms with Crippen molar-refractivity contribution in [2.24, 2.45) is 10.2 Å². The summed E-state index contributed by atoms with van der Waals surface area (Å²) < 4.78 is 65.1. The summed E-state index contributed by atoms with van der Waals surface area (Å²) >= 11 is 0. The number of carboxylic acids is 1. The molecule has 0 spiro atoms. The van der Waals surface area contributed by atoms with Gasteiger partial charge in [0.25, 0.3) is 20.2 Å². The fourth-order valence-corrected chi connectivity index (χ4v) is 4.42. The first-order chi connectivity index (χ1) is 16.4. The molecule has 4 N–H and O–H groups in total. The second kappa shape index (κ2) is 8.55. The van der Waals surface area contributed by atoms with Crippen LogP contribution in [0.4, 0.5) is 11.4 Å². The highest BCUT2D eigenvalue weighted by molar-refractivity contribution is 7.86. The maximum atomic E-state index is 11.7. The van der Waals surface area contributed by atoms with Gasteiger partial charge in [-0.3, -0.25) is 9.11 Å². The van der Waals surface area contributed by atoms with Gasteiger partial charge in [-0.2, -0.15) is 26.6 Å². The molecule has 4 rings (SSSR count). The predicted molar refractivity (Wildman–Crippen MR) is 120 cm³/mol. The minimum Gasteiger partial charge on any atom is -0.492 e. The van der Waals surface area contributed by atoms with Crippen molar-refractivity contribution in [1.29, 1.82) is 0 Å². The van der Waals surface area contributed by atoms with Gasteiger partial charge in [-0.1, -0.05) is 24.3 Å². The normalized spacial score (nSPS) is 12.4. The van der Waals surface area contributed by atoms with E-state index in [1.165, 1.54) is 30.3 Å². The Morgan fingerprint density at radius 3 is 2.03 bits per heavy atom. The molecular weight excluding hydrogens is 504 g/mol. The number of hydrogen-bond acceptors (Lipinski definition) is 9. The van der Waals surface area contributed by atoms with E-state index >= 15 is 0 Å². The zero-order valence-electron chi connectivity index (χ0n) is 17.2. The lowest BCUT2D eigenvalue weighted by molar-refractivity contribution is 0.0690. The molecule has 13 nitrogen and oxygen atoms in total. The van der Waals surface area contributed by atoms with Gasteiger partial charge in [-0.05, 0) is 36.4 Å². The molecule has 3 aromatic carbocycles. The van der Waals surface area contributed by atoms with Gasteiger partial charge >= 0.3 is 5.97 Å². The lowest BCUT2D eigenvalue weighted by Gasteiger charge is -2.06. The Kier molecular flexibility index (Phi) is 5.85. The molecule has 0 aliphatic carbocycles. The minimum absolute atomic E-state index is 0.0572. The maximum Gasteiger partial charge on any atom is 0.358 e. The number of aromatic carboxylic acids is 1. The molecule has 0 bridgehead atoms. The summed E-state index contributed by atoms with van der Waals surface area (Å²) in [6.07, 6.45) is 0. The van der Waals surface area contributed by atoms with E-state index in [4.69, 9.17) is 4.55 Å². The second-order valence-corrected chi connectivity index (χ2v) is 9.82. The fraction of sp³-hybridized carbons (Fsp3) is 0. The van der Waals surface area contributed by atoms with Crippen LogP contribution in [0, 0.1) is 0 Å². The number of rotatable bonds is 6. The summed E-state index contributed by atoms with van der Waals surface area (Å²) in [5.74, 6) is -2.28. The van der Waals surface area contributed by atoms with E-state index in [1.807, 2.05) is 0 Å². The first kappa shape index (κ1) is 24.0. The Morgan fingerprint density at radius 1 is 0.829 bits per heavy atom. The third kappa shape index (κ3) is 4.60. The summed E-state index contributed by atoms with van der Waals surface area (Å²) in [5.41, 5.74) is -1.04. The largest absolute Gasteiger partial charge is 0.492 e. The average Bonchev–Trinajstić information content (AvgIpc) is 3.12. The van der Waals surface area contributed by atoms with Gasteiger partial charge in [0.15, 0.2) is 5.69 Å². The molecule has 15 heteroatoms. The van der Waals surface area contributed by atoms with Crippen LogP contribution in [0.5, 0.6) is 5.88 Å². The molecule has 1 heterocycles. The van der Waals surface area contributed by atoms with Crippen LogP contribution in [0.15, 0.2) is 80.7 Å². The number of carbonyl (C=O) groups is 1. The molecule has 180 valence electrons. The van der Waals surface area contributed by atoms with E-state index in [0.717, 1.165) is 22.9 Å². The summed E-state index contributed by atoms with van der Waals surface area (Å²) in [4.78, 5) is 10.9. The van der Waals surface area contributed by atoms with Crippen LogP contribution in [0.2, 0.25) is 0 Å². The highest BCUT2D eigenvalue weighted by Crippen LogP contribution is 2.37. The van der Waals surface area contributed by atoms with E-state index in [9.17, 15) is 36.4 Å². The molecule has 0 fully saturated rings. The van der Waals surface area contributed by atoms with Crippen molar-refractivity contribution >= 4 is 48.4 Å². The first-order valence-corrected chi connectivity index (χ1v) is 12.3. The molecule has 0 amide bonds. The van der Waals surface area contributed by atoms with Crippen molar-refractivity contribution in [2.45, 2.75) is 9.79 Å². The maximum absolute atomic E-state index is 11.7. The lowest BCUT2D eigenvalue weighted by Crippen LogP contribution is -2.02. The van der Waals surface area contributed by atoms with Gasteiger partial charge in [-0.15, -0.1) is 10.2 Å². The highest BCUT2D eigenvalue weighted by Gasteiger charge is 2.24. The smallest absolute Gasteiger partial charge is 0.358 e. The average molecular weight is 518 g/mol. The van der Waals surface area contributed by atoms with Crippen LogP contribution in [-0.2, 0) is 20.2 Å². The SMILES string of the molecule is O=C(O)c1nn(-c2ccc(S(=O)(=O)O)cc2)c(O)c1N=Nc1ccc(S(=O)(=O)O)c2ccccc12. The van der Waals surface area contributed by atoms with Gasteiger partial charge in [0.05, 0.1) is 16.3 Å². The summed E-state index contributed by atoms with van der Waals surface area (Å²) in [6.45, 7) is 0. The third-order valence-corrected chi connectivity index (χ3v) is 6.59. The zero-order chi connectivity index (χ0) is 25.5. The molecule has 35 heavy (non-hydrogen) atoms. The topological polar surface area (TPSA) is 209 Å². The molecule has 0 aliphatic rings. The van der Waals surface area contributed by atoms with Crippen molar-refractivity contribution < 1.29 is 40.9 Å². The molecule has 0 saturated carbocycles. The zero-order valence-corrected chi connectivity index (χ0v) is 18.8. The van der Waals surface area contributed by atoms with Crippen LogP contribution < -0.4 is 0 Å². The number of fused-ring (bicyclic) bond motifs is 1. The quantitative estimate of drug-likeness (QED) is 0.216. The Morgan fingerprint density at radius 2 is 1.46 bits per heavy atom. The van der Waals surface area contributed by atoms with E-state index in [-0.39, 0.29) is 27.0 Å². The van der Waals surface area contributed by atoms with Gasteiger partial charge < -0.3 is 10.2 Å². The Balaban J connectivity index is 1.82. The Hall–Kier alpha value is -4.18. The van der Waals surface area contributed by atoms with Gasteiger partial charge in [0.1, 0.15) is 4.90 Å². The number of carboxylic acid groups (broad SMARTS) is 1. The van der Waals surface area contributed by atoms with Crippen LogP contribution >= 0.6 is 0 Å². The number of hydrogen-bond donors (Lipinski definition) is 4. The standard InChI is InChI=1S/C20H14N4O9S2/c25-19-17(18(20(26)27)23-24(19)11-5-7-12(8-6-11)34(28,29)30)22-21-15-9-10-16(35(31,32)33)14-4-2-1-3-13(14)15/h1-10,25H,(H,26,27)(H,28,29,30)(H,31,32,33). The Labute approximate surface area is 197 Å². The summed E-state index contributed by atoms with van der Waals surface area (Å²) in [7, 11) is -9.01. The van der Waals surface area contributed by atoms with E-state index in [0.29, 0.717) is 0 Å². The van der Waals surface area contributed by atoms with E-state index < -0.39 is 48.4 Å². The summed E-state index contributed by atoms with van der Waals surface area (Å²) in [6, 6.07) is 12.8.